The topological polar surface area (TPSA) is 47.3 Å². The van der Waals surface area contributed by atoms with E-state index in [0.717, 1.165) is 31.7 Å². The summed E-state index contributed by atoms with van der Waals surface area (Å²) in [5.74, 6) is -0.223. The quantitative estimate of drug-likeness (QED) is 0.822. The highest BCUT2D eigenvalue weighted by Crippen LogP contribution is 2.25. The average Bonchev–Trinajstić information content (AvgIpc) is 2.33. The molecule has 0 spiro atoms. The van der Waals surface area contributed by atoms with Gasteiger partial charge in [-0.15, -0.1) is 0 Å². The minimum Gasteiger partial charge on any atom is -0.381 e. The predicted molar refractivity (Wildman–Crippen MR) is 61.9 cm³/mol. The molecule has 0 aliphatic carbocycles. The molecule has 0 aromatic heterocycles. The first-order valence-electron chi connectivity index (χ1n) is 5.56. The summed E-state index contributed by atoms with van der Waals surface area (Å²) < 4.78 is 18.1. The van der Waals surface area contributed by atoms with Crippen molar-refractivity contribution in [2.24, 2.45) is 5.73 Å². The van der Waals surface area contributed by atoms with Gasteiger partial charge in [0.25, 0.3) is 0 Å². The Morgan fingerprint density at radius 1 is 1.25 bits per heavy atom. The van der Waals surface area contributed by atoms with Gasteiger partial charge in [-0.1, -0.05) is 0 Å². The maximum Gasteiger partial charge on any atom is 0.123 e. The van der Waals surface area contributed by atoms with Crippen molar-refractivity contribution in [1.82, 2.24) is 0 Å². The average molecular weight is 224 g/mol. The van der Waals surface area contributed by atoms with Crippen LogP contribution < -0.4 is 11.1 Å². The maximum atomic E-state index is 12.8. The Morgan fingerprint density at radius 3 is 2.44 bits per heavy atom. The summed E-state index contributed by atoms with van der Waals surface area (Å²) in [7, 11) is 0. The van der Waals surface area contributed by atoms with Crippen molar-refractivity contribution in [1.29, 1.82) is 0 Å². The van der Waals surface area contributed by atoms with Gasteiger partial charge < -0.3 is 15.8 Å². The molecule has 0 atom stereocenters. The van der Waals surface area contributed by atoms with Gasteiger partial charge in [-0.3, -0.25) is 0 Å². The fourth-order valence-corrected chi connectivity index (χ4v) is 1.98. The molecule has 1 aromatic rings. The zero-order valence-corrected chi connectivity index (χ0v) is 9.21. The molecule has 1 saturated heterocycles. The van der Waals surface area contributed by atoms with Crippen LogP contribution in [-0.2, 0) is 4.74 Å². The third-order valence-corrected chi connectivity index (χ3v) is 3.09. The van der Waals surface area contributed by atoms with Crippen LogP contribution >= 0.6 is 0 Å². The first kappa shape index (κ1) is 11.4. The second kappa shape index (κ2) is 4.80. The molecule has 1 aromatic carbocycles. The van der Waals surface area contributed by atoms with Crippen molar-refractivity contribution in [2.75, 3.05) is 25.1 Å². The molecule has 3 nitrogen and oxygen atoms in total. The molecule has 4 heteroatoms. The van der Waals surface area contributed by atoms with Crippen molar-refractivity contribution >= 4 is 5.69 Å². The number of rotatable bonds is 3. The lowest BCUT2D eigenvalue weighted by Crippen LogP contribution is -2.49. The summed E-state index contributed by atoms with van der Waals surface area (Å²) in [6, 6.07) is 6.38. The highest BCUT2D eigenvalue weighted by atomic mass is 19.1. The number of hydrogen-bond donors (Lipinski definition) is 2. The van der Waals surface area contributed by atoms with Crippen LogP contribution in [0.3, 0.4) is 0 Å². The van der Waals surface area contributed by atoms with Gasteiger partial charge in [-0.25, -0.2) is 4.39 Å². The Morgan fingerprint density at radius 2 is 1.88 bits per heavy atom. The highest BCUT2D eigenvalue weighted by Gasteiger charge is 2.30. The van der Waals surface area contributed by atoms with Crippen LogP contribution in [0.15, 0.2) is 24.3 Å². The first-order valence-corrected chi connectivity index (χ1v) is 5.56. The van der Waals surface area contributed by atoms with Gasteiger partial charge in [0.15, 0.2) is 0 Å². The SMILES string of the molecule is NCC1(Nc2ccc(F)cc2)CCOCC1. The molecule has 16 heavy (non-hydrogen) atoms. The Hall–Kier alpha value is -1.13. The van der Waals surface area contributed by atoms with Gasteiger partial charge in [0.2, 0.25) is 0 Å². The largest absolute Gasteiger partial charge is 0.381 e. The zero-order valence-electron chi connectivity index (χ0n) is 9.21. The lowest BCUT2D eigenvalue weighted by atomic mass is 9.90. The standard InChI is InChI=1S/C12H17FN2O/c13-10-1-3-11(4-2-10)15-12(9-14)5-7-16-8-6-12/h1-4,15H,5-9,14H2. The Labute approximate surface area is 94.8 Å². The normalized spacial score (nSPS) is 19.4. The van der Waals surface area contributed by atoms with Gasteiger partial charge in [-0.2, -0.15) is 0 Å². The van der Waals surface area contributed by atoms with E-state index in [4.69, 9.17) is 10.5 Å². The van der Waals surface area contributed by atoms with E-state index in [-0.39, 0.29) is 11.4 Å². The van der Waals surface area contributed by atoms with Gasteiger partial charge in [0, 0.05) is 25.4 Å². The van der Waals surface area contributed by atoms with E-state index in [1.807, 2.05) is 0 Å². The second-order valence-electron chi connectivity index (χ2n) is 4.23. The van der Waals surface area contributed by atoms with E-state index in [2.05, 4.69) is 5.32 Å². The molecule has 1 fully saturated rings. The number of nitrogens with one attached hydrogen (secondary N) is 1. The highest BCUT2D eigenvalue weighted by molar-refractivity contribution is 5.45. The third-order valence-electron chi connectivity index (χ3n) is 3.09. The number of anilines is 1. The first-order chi connectivity index (χ1) is 7.74. The van der Waals surface area contributed by atoms with E-state index < -0.39 is 0 Å². The molecule has 0 bridgehead atoms. The number of benzene rings is 1. The van der Waals surface area contributed by atoms with Crippen LogP contribution in [0.5, 0.6) is 0 Å². The number of halogens is 1. The van der Waals surface area contributed by atoms with Gasteiger partial charge in [0.1, 0.15) is 5.82 Å². The Balaban J connectivity index is 2.08. The number of hydrogen-bond acceptors (Lipinski definition) is 3. The van der Waals surface area contributed by atoms with Crippen molar-refractivity contribution in [3.05, 3.63) is 30.1 Å². The van der Waals surface area contributed by atoms with E-state index >= 15 is 0 Å². The van der Waals surface area contributed by atoms with Crippen LogP contribution in [0.25, 0.3) is 0 Å². The molecular weight excluding hydrogens is 207 g/mol. The smallest absolute Gasteiger partial charge is 0.123 e. The van der Waals surface area contributed by atoms with Crippen molar-refractivity contribution in [3.8, 4) is 0 Å². The lowest BCUT2D eigenvalue weighted by Gasteiger charge is -2.37. The summed E-state index contributed by atoms with van der Waals surface area (Å²) in [6.07, 6.45) is 1.78. The summed E-state index contributed by atoms with van der Waals surface area (Å²) in [5, 5.41) is 3.40. The van der Waals surface area contributed by atoms with Crippen LogP contribution in [0.2, 0.25) is 0 Å². The molecule has 0 radical (unpaired) electrons. The molecule has 1 aliphatic rings. The van der Waals surface area contributed by atoms with E-state index in [0.29, 0.717) is 6.54 Å². The monoisotopic (exact) mass is 224 g/mol. The molecule has 3 N–H and O–H groups in total. The molecule has 88 valence electrons. The zero-order chi connectivity index (χ0) is 11.4. The van der Waals surface area contributed by atoms with Crippen molar-refractivity contribution in [2.45, 2.75) is 18.4 Å². The molecule has 2 rings (SSSR count). The molecule has 0 amide bonds. The van der Waals surface area contributed by atoms with Gasteiger partial charge in [0.05, 0.1) is 5.54 Å². The van der Waals surface area contributed by atoms with Crippen LogP contribution in [0.1, 0.15) is 12.8 Å². The third kappa shape index (κ3) is 2.51. The van der Waals surface area contributed by atoms with Crippen molar-refractivity contribution in [3.63, 3.8) is 0 Å². The molecule has 1 heterocycles. The molecule has 0 unspecified atom stereocenters. The van der Waals surface area contributed by atoms with Crippen LogP contribution in [-0.4, -0.2) is 25.3 Å². The summed E-state index contributed by atoms with van der Waals surface area (Å²) in [4.78, 5) is 0. The minimum absolute atomic E-state index is 0.101. The molecule has 1 aliphatic heterocycles. The number of ether oxygens (including phenoxy) is 1. The predicted octanol–water partition coefficient (Wildman–Crippen LogP) is 1.75. The Bertz CT molecular complexity index is 333. The lowest BCUT2D eigenvalue weighted by molar-refractivity contribution is 0.0628. The van der Waals surface area contributed by atoms with Crippen LogP contribution in [0, 0.1) is 5.82 Å². The molecular formula is C12H17FN2O. The Kier molecular flexibility index (Phi) is 3.41. The summed E-state index contributed by atoms with van der Waals surface area (Å²) in [5.41, 5.74) is 6.63. The fraction of sp³-hybridized carbons (Fsp3) is 0.500. The maximum absolute atomic E-state index is 12.8. The summed E-state index contributed by atoms with van der Waals surface area (Å²) >= 11 is 0. The summed E-state index contributed by atoms with van der Waals surface area (Å²) in [6.45, 7) is 2.02. The van der Waals surface area contributed by atoms with Gasteiger partial charge in [-0.05, 0) is 37.1 Å². The fourth-order valence-electron chi connectivity index (χ4n) is 1.98. The van der Waals surface area contributed by atoms with Gasteiger partial charge >= 0.3 is 0 Å². The van der Waals surface area contributed by atoms with E-state index in [1.165, 1.54) is 12.1 Å². The van der Waals surface area contributed by atoms with Crippen LogP contribution in [0.4, 0.5) is 10.1 Å². The number of nitrogens with two attached hydrogens (primary N) is 1. The van der Waals surface area contributed by atoms with E-state index in [1.54, 1.807) is 12.1 Å². The minimum atomic E-state index is -0.223. The van der Waals surface area contributed by atoms with E-state index in [9.17, 15) is 4.39 Å². The molecule has 0 saturated carbocycles. The second-order valence-corrected chi connectivity index (χ2v) is 4.23. The van der Waals surface area contributed by atoms with Crippen molar-refractivity contribution < 1.29 is 9.13 Å².